The second kappa shape index (κ2) is 2.24. The fourth-order valence-electron chi connectivity index (χ4n) is 1.37. The summed E-state index contributed by atoms with van der Waals surface area (Å²) in [5.74, 6) is 0.779. The molecule has 0 saturated heterocycles. The van der Waals surface area contributed by atoms with Gasteiger partial charge in [0.1, 0.15) is 5.75 Å². The third-order valence-corrected chi connectivity index (χ3v) is 2.18. The van der Waals surface area contributed by atoms with Gasteiger partial charge in [-0.05, 0) is 18.1 Å². The number of phenolic OH excluding ortho intramolecular Hbond substituents is 1. The van der Waals surface area contributed by atoms with Crippen LogP contribution in [0.1, 0.15) is 17.9 Å². The first-order valence-corrected chi connectivity index (χ1v) is 3.82. The average molecular weight is 149 g/mol. The number of para-hydroxylation sites is 1. The first kappa shape index (κ1) is 6.68. The van der Waals surface area contributed by atoms with E-state index in [4.69, 9.17) is 5.73 Å². The van der Waals surface area contributed by atoms with Crippen LogP contribution in [0.2, 0.25) is 0 Å². The minimum absolute atomic E-state index is 0.267. The summed E-state index contributed by atoms with van der Waals surface area (Å²) in [5.41, 5.74) is 6.66. The first-order valence-electron chi connectivity index (χ1n) is 3.82. The average Bonchev–Trinajstić information content (AvgIpc) is 2.68. The summed E-state index contributed by atoms with van der Waals surface area (Å²) in [7, 11) is 0. The number of phenols is 1. The normalized spacial score (nSPS) is 28.5. The lowest BCUT2D eigenvalue weighted by molar-refractivity contribution is 0.468. The molecule has 0 spiro atoms. The van der Waals surface area contributed by atoms with Gasteiger partial charge in [-0.2, -0.15) is 0 Å². The van der Waals surface area contributed by atoms with E-state index in [-0.39, 0.29) is 6.04 Å². The molecule has 3 N–H and O–H groups in total. The molecule has 0 heterocycles. The van der Waals surface area contributed by atoms with E-state index in [0.717, 1.165) is 12.0 Å². The summed E-state index contributed by atoms with van der Waals surface area (Å²) in [6.45, 7) is 0. The molecule has 2 rings (SSSR count). The van der Waals surface area contributed by atoms with Gasteiger partial charge in [0.2, 0.25) is 0 Å². The number of benzene rings is 1. The lowest BCUT2D eigenvalue weighted by Gasteiger charge is -2.00. The largest absolute Gasteiger partial charge is 0.508 e. The van der Waals surface area contributed by atoms with Crippen LogP contribution in [0.25, 0.3) is 0 Å². The molecule has 2 nitrogen and oxygen atoms in total. The van der Waals surface area contributed by atoms with Gasteiger partial charge in [-0.3, -0.25) is 0 Å². The van der Waals surface area contributed by atoms with Crippen molar-refractivity contribution in [3.63, 3.8) is 0 Å². The van der Waals surface area contributed by atoms with E-state index in [1.54, 1.807) is 6.07 Å². The Morgan fingerprint density at radius 1 is 1.36 bits per heavy atom. The molecule has 0 unspecified atom stereocenters. The summed E-state index contributed by atoms with van der Waals surface area (Å²) in [5, 5.41) is 9.38. The number of hydrogen-bond donors (Lipinski definition) is 2. The molecular formula is C9H11NO. The van der Waals surface area contributed by atoms with Crippen LogP contribution in [0.4, 0.5) is 0 Å². The quantitative estimate of drug-likeness (QED) is 0.630. The lowest BCUT2D eigenvalue weighted by atomic mass is 10.1. The van der Waals surface area contributed by atoms with E-state index in [2.05, 4.69) is 0 Å². The van der Waals surface area contributed by atoms with Crippen LogP contribution < -0.4 is 5.73 Å². The van der Waals surface area contributed by atoms with E-state index in [1.165, 1.54) is 0 Å². The molecule has 0 amide bonds. The third-order valence-electron chi connectivity index (χ3n) is 2.18. The van der Waals surface area contributed by atoms with Gasteiger partial charge in [0.25, 0.3) is 0 Å². The van der Waals surface area contributed by atoms with E-state index < -0.39 is 0 Å². The van der Waals surface area contributed by atoms with Crippen molar-refractivity contribution in [3.8, 4) is 5.75 Å². The minimum atomic E-state index is 0.267. The molecule has 11 heavy (non-hydrogen) atoms. The van der Waals surface area contributed by atoms with Crippen LogP contribution in [-0.4, -0.2) is 11.1 Å². The monoisotopic (exact) mass is 149 g/mol. The maximum absolute atomic E-state index is 9.38. The number of hydrogen-bond acceptors (Lipinski definition) is 2. The van der Waals surface area contributed by atoms with Gasteiger partial charge in [0, 0.05) is 12.0 Å². The Morgan fingerprint density at radius 3 is 2.55 bits per heavy atom. The lowest BCUT2D eigenvalue weighted by Crippen LogP contribution is -2.00. The molecule has 1 aliphatic carbocycles. The molecule has 1 aromatic rings. The van der Waals surface area contributed by atoms with Gasteiger partial charge in [0.15, 0.2) is 0 Å². The highest BCUT2D eigenvalue weighted by Crippen LogP contribution is 2.42. The number of rotatable bonds is 1. The molecule has 0 radical (unpaired) electrons. The Hall–Kier alpha value is -1.02. The van der Waals surface area contributed by atoms with Crippen molar-refractivity contribution >= 4 is 0 Å². The van der Waals surface area contributed by atoms with Gasteiger partial charge in [-0.15, -0.1) is 0 Å². The van der Waals surface area contributed by atoms with Crippen LogP contribution in [-0.2, 0) is 0 Å². The number of nitrogens with two attached hydrogens (primary N) is 1. The molecule has 1 saturated carbocycles. The molecule has 0 aromatic heterocycles. The van der Waals surface area contributed by atoms with Gasteiger partial charge >= 0.3 is 0 Å². The zero-order chi connectivity index (χ0) is 7.84. The highest BCUT2D eigenvalue weighted by Gasteiger charge is 2.36. The van der Waals surface area contributed by atoms with Gasteiger partial charge in [0.05, 0.1) is 0 Å². The van der Waals surface area contributed by atoms with Crippen LogP contribution in [0.3, 0.4) is 0 Å². The van der Waals surface area contributed by atoms with Crippen LogP contribution in [0, 0.1) is 0 Å². The molecule has 58 valence electrons. The highest BCUT2D eigenvalue weighted by atomic mass is 16.3. The van der Waals surface area contributed by atoms with Crippen LogP contribution >= 0.6 is 0 Å². The standard InChI is InChI=1S/C9H11NO/c10-8-5-7(8)6-3-1-2-4-9(6)11/h1-4,7-8,11H,5,10H2/t7-,8+/m1/s1. The van der Waals surface area contributed by atoms with Gasteiger partial charge in [-0.1, -0.05) is 18.2 Å². The second-order valence-corrected chi connectivity index (χ2v) is 3.06. The van der Waals surface area contributed by atoms with Crippen molar-refractivity contribution in [1.29, 1.82) is 0 Å². The van der Waals surface area contributed by atoms with Crippen LogP contribution in [0.15, 0.2) is 24.3 Å². The predicted octanol–water partition coefficient (Wildman–Crippen LogP) is 1.21. The Bertz CT molecular complexity index is 272. The topological polar surface area (TPSA) is 46.2 Å². The molecule has 1 aliphatic rings. The first-order chi connectivity index (χ1) is 5.29. The maximum Gasteiger partial charge on any atom is 0.119 e. The maximum atomic E-state index is 9.38. The van der Waals surface area contributed by atoms with Crippen molar-refractivity contribution in [2.45, 2.75) is 18.4 Å². The van der Waals surface area contributed by atoms with Crippen molar-refractivity contribution in [2.75, 3.05) is 0 Å². The molecular weight excluding hydrogens is 138 g/mol. The van der Waals surface area contributed by atoms with E-state index in [9.17, 15) is 5.11 Å². The third kappa shape index (κ3) is 1.10. The molecule has 1 aromatic carbocycles. The fraction of sp³-hybridized carbons (Fsp3) is 0.333. The fourth-order valence-corrected chi connectivity index (χ4v) is 1.37. The van der Waals surface area contributed by atoms with Crippen LogP contribution in [0.5, 0.6) is 5.75 Å². The van der Waals surface area contributed by atoms with Crippen molar-refractivity contribution in [1.82, 2.24) is 0 Å². The Labute approximate surface area is 65.7 Å². The molecule has 2 heteroatoms. The van der Waals surface area contributed by atoms with Gasteiger partial charge in [-0.25, -0.2) is 0 Å². The Kier molecular flexibility index (Phi) is 1.36. The van der Waals surface area contributed by atoms with E-state index >= 15 is 0 Å². The predicted molar refractivity (Wildman–Crippen MR) is 43.4 cm³/mol. The molecule has 2 atom stereocenters. The summed E-state index contributed by atoms with van der Waals surface area (Å²) in [6, 6.07) is 7.67. The summed E-state index contributed by atoms with van der Waals surface area (Å²) >= 11 is 0. The zero-order valence-electron chi connectivity index (χ0n) is 6.20. The second-order valence-electron chi connectivity index (χ2n) is 3.06. The van der Waals surface area contributed by atoms with Crippen molar-refractivity contribution in [2.24, 2.45) is 5.73 Å². The van der Waals surface area contributed by atoms with E-state index in [0.29, 0.717) is 11.7 Å². The molecule has 0 bridgehead atoms. The molecule has 1 fully saturated rings. The van der Waals surface area contributed by atoms with E-state index in [1.807, 2.05) is 18.2 Å². The zero-order valence-corrected chi connectivity index (χ0v) is 6.20. The smallest absolute Gasteiger partial charge is 0.119 e. The Balaban J connectivity index is 2.31. The van der Waals surface area contributed by atoms with Gasteiger partial charge < -0.3 is 10.8 Å². The minimum Gasteiger partial charge on any atom is -0.508 e. The number of aromatic hydroxyl groups is 1. The SMILES string of the molecule is N[C@H]1C[C@@H]1c1ccccc1O. The summed E-state index contributed by atoms with van der Waals surface area (Å²) < 4.78 is 0. The van der Waals surface area contributed by atoms with Crippen molar-refractivity contribution < 1.29 is 5.11 Å². The Morgan fingerprint density at radius 2 is 2.00 bits per heavy atom. The molecule has 0 aliphatic heterocycles. The van der Waals surface area contributed by atoms with Crippen molar-refractivity contribution in [3.05, 3.63) is 29.8 Å². The summed E-state index contributed by atoms with van der Waals surface area (Å²) in [6.07, 6.45) is 1.01. The highest BCUT2D eigenvalue weighted by molar-refractivity contribution is 5.39. The summed E-state index contributed by atoms with van der Waals surface area (Å²) in [4.78, 5) is 0.